The van der Waals surface area contributed by atoms with Crippen LogP contribution in [0.25, 0.3) is 21.3 Å². The van der Waals surface area contributed by atoms with E-state index in [0.717, 1.165) is 21.3 Å². The summed E-state index contributed by atoms with van der Waals surface area (Å²) in [6.45, 7) is 0.485. The number of carbonyl (C=O) groups excluding carboxylic acids is 1. The van der Waals surface area contributed by atoms with Crippen molar-refractivity contribution >= 4 is 34.4 Å². The summed E-state index contributed by atoms with van der Waals surface area (Å²) in [5.41, 5.74) is 2.12. The molecular weight excluding hydrogens is 385 g/mol. The van der Waals surface area contributed by atoms with Gasteiger partial charge in [-0.15, -0.1) is 0 Å². The summed E-state index contributed by atoms with van der Waals surface area (Å²) >= 11 is 1.49. The van der Waals surface area contributed by atoms with Crippen molar-refractivity contribution in [2.45, 2.75) is 19.1 Å². The summed E-state index contributed by atoms with van der Waals surface area (Å²) in [4.78, 5) is 20.5. The van der Waals surface area contributed by atoms with Gasteiger partial charge in [0.25, 0.3) is 0 Å². The lowest BCUT2D eigenvalue weighted by atomic mass is 10.1. The second kappa shape index (κ2) is 8.58. The maximum absolute atomic E-state index is 10.6. The van der Waals surface area contributed by atoms with Crippen molar-refractivity contribution in [1.29, 1.82) is 0 Å². The van der Waals surface area contributed by atoms with E-state index in [0.29, 0.717) is 6.54 Å². The number of aryl methyl sites for hydroxylation is 1. The predicted molar refractivity (Wildman–Crippen MR) is 88.6 cm³/mol. The number of nitrogens with zero attached hydrogens (tertiary/aromatic N) is 2. The molecule has 2 aromatic heterocycles. The SMILES string of the molecule is O=C(O)CC[n+]1ccc(-c2snc3ccccc23)cc1.O=C([O-])C(F)(F)F. The highest BCUT2D eigenvalue weighted by Gasteiger charge is 2.28. The Kier molecular flexibility index (Phi) is 6.45. The summed E-state index contributed by atoms with van der Waals surface area (Å²) in [7, 11) is 0. The van der Waals surface area contributed by atoms with Gasteiger partial charge in [-0.1, -0.05) is 18.2 Å². The van der Waals surface area contributed by atoms with Gasteiger partial charge < -0.3 is 15.0 Å². The maximum atomic E-state index is 10.6. The number of aliphatic carboxylic acids is 2. The van der Waals surface area contributed by atoms with E-state index in [-0.39, 0.29) is 6.42 Å². The number of alkyl halides is 3. The van der Waals surface area contributed by atoms with Crippen LogP contribution in [0.15, 0.2) is 48.8 Å². The van der Waals surface area contributed by atoms with Crippen LogP contribution >= 0.6 is 11.5 Å². The maximum Gasteiger partial charge on any atom is 0.430 e. The Hall–Kier alpha value is -3.01. The Morgan fingerprint density at radius 2 is 1.74 bits per heavy atom. The molecule has 0 spiro atoms. The second-order valence-corrected chi connectivity index (χ2v) is 6.06. The minimum absolute atomic E-state index is 0.132. The van der Waals surface area contributed by atoms with Crippen LogP contribution in [0.5, 0.6) is 0 Å². The highest BCUT2D eigenvalue weighted by Crippen LogP contribution is 2.31. The highest BCUT2D eigenvalue weighted by atomic mass is 32.1. The Morgan fingerprint density at radius 3 is 2.30 bits per heavy atom. The number of hydrogen-bond acceptors (Lipinski definition) is 5. The zero-order valence-electron chi connectivity index (χ0n) is 13.6. The molecule has 142 valence electrons. The number of aromatic nitrogens is 2. The van der Waals surface area contributed by atoms with Crippen molar-refractivity contribution in [2.24, 2.45) is 0 Å². The first-order valence-electron chi connectivity index (χ1n) is 7.52. The third-order valence-electron chi connectivity index (χ3n) is 3.35. The molecule has 1 N–H and O–H groups in total. The predicted octanol–water partition coefficient (Wildman–Crippen LogP) is 2.02. The van der Waals surface area contributed by atoms with Crippen molar-refractivity contribution in [1.82, 2.24) is 4.37 Å². The number of hydrogen-bond donors (Lipinski definition) is 1. The fourth-order valence-electron chi connectivity index (χ4n) is 2.08. The number of carbonyl (C=O) groups is 2. The first-order chi connectivity index (χ1) is 12.7. The Morgan fingerprint density at radius 1 is 1.15 bits per heavy atom. The van der Waals surface area contributed by atoms with Gasteiger partial charge in [-0.3, -0.25) is 4.79 Å². The van der Waals surface area contributed by atoms with E-state index < -0.39 is 18.1 Å². The zero-order chi connectivity index (χ0) is 20.0. The fraction of sp³-hybridized carbons (Fsp3) is 0.176. The van der Waals surface area contributed by atoms with Gasteiger partial charge in [-0.2, -0.15) is 17.5 Å². The molecule has 10 heteroatoms. The van der Waals surface area contributed by atoms with Gasteiger partial charge in [0.05, 0.1) is 10.4 Å². The van der Waals surface area contributed by atoms with Gasteiger partial charge in [-0.05, 0) is 17.6 Å². The average Bonchev–Trinajstić information content (AvgIpc) is 3.04. The van der Waals surface area contributed by atoms with E-state index in [9.17, 15) is 18.0 Å². The zero-order valence-corrected chi connectivity index (χ0v) is 14.5. The van der Waals surface area contributed by atoms with E-state index in [1.165, 1.54) is 11.5 Å². The largest absolute Gasteiger partial charge is 0.542 e. The Balaban J connectivity index is 0.000000321. The molecule has 0 aliphatic carbocycles. The van der Waals surface area contributed by atoms with Crippen LogP contribution in [0, 0.1) is 0 Å². The number of benzene rings is 1. The Labute approximate surface area is 155 Å². The first-order valence-corrected chi connectivity index (χ1v) is 8.29. The van der Waals surface area contributed by atoms with Crippen molar-refractivity contribution < 1.29 is 37.5 Å². The van der Waals surface area contributed by atoms with E-state index >= 15 is 0 Å². The summed E-state index contributed by atoms with van der Waals surface area (Å²) in [6.07, 6.45) is -1.24. The van der Waals surface area contributed by atoms with Gasteiger partial charge in [0, 0.05) is 23.1 Å². The van der Waals surface area contributed by atoms with Crippen molar-refractivity contribution in [3.05, 3.63) is 48.8 Å². The second-order valence-electron chi connectivity index (χ2n) is 5.28. The van der Waals surface area contributed by atoms with Crippen LogP contribution in [0.1, 0.15) is 6.42 Å². The van der Waals surface area contributed by atoms with E-state index in [1.807, 2.05) is 47.3 Å². The molecule has 0 unspecified atom stereocenters. The van der Waals surface area contributed by atoms with Crippen molar-refractivity contribution in [3.63, 3.8) is 0 Å². The third kappa shape index (κ3) is 5.74. The smallest absolute Gasteiger partial charge is 0.430 e. The van der Waals surface area contributed by atoms with Crippen LogP contribution in [-0.4, -0.2) is 27.6 Å². The fourth-order valence-corrected chi connectivity index (χ4v) is 2.94. The highest BCUT2D eigenvalue weighted by molar-refractivity contribution is 7.11. The summed E-state index contributed by atoms with van der Waals surface area (Å²) in [5.74, 6) is -3.79. The molecule has 0 aliphatic rings. The van der Waals surface area contributed by atoms with E-state index in [1.54, 1.807) is 0 Å². The number of pyridine rings is 1. The van der Waals surface area contributed by atoms with Gasteiger partial charge in [0.2, 0.25) is 0 Å². The van der Waals surface area contributed by atoms with Crippen molar-refractivity contribution in [3.8, 4) is 10.4 Å². The third-order valence-corrected chi connectivity index (χ3v) is 4.28. The van der Waals surface area contributed by atoms with Crippen LogP contribution in [0.3, 0.4) is 0 Å². The first kappa shape index (κ1) is 20.3. The average molecular weight is 398 g/mol. The van der Waals surface area contributed by atoms with Gasteiger partial charge in [-0.25, -0.2) is 4.57 Å². The molecule has 0 aliphatic heterocycles. The number of carboxylic acids is 2. The van der Waals surface area contributed by atoms with E-state index in [2.05, 4.69) is 10.4 Å². The van der Waals surface area contributed by atoms with E-state index in [4.69, 9.17) is 15.0 Å². The molecule has 2 heterocycles. The number of fused-ring (bicyclic) bond motifs is 1. The minimum atomic E-state index is -5.19. The lowest BCUT2D eigenvalue weighted by Gasteiger charge is -2.03. The minimum Gasteiger partial charge on any atom is -0.542 e. The summed E-state index contributed by atoms with van der Waals surface area (Å²) in [5, 5.41) is 18.6. The standard InChI is InChI=1S/C15H12N2O2S.C2HF3O2/c18-14(19)7-10-17-8-5-11(6-9-17)15-12-3-1-2-4-13(12)16-20-15;3-2(4,5)1(6)7/h1-6,8-9H,7,10H2;(H,6,7). The van der Waals surface area contributed by atoms with Crippen molar-refractivity contribution in [2.75, 3.05) is 0 Å². The molecular formula is C17H13F3N2O4S. The quantitative estimate of drug-likeness (QED) is 0.679. The molecule has 27 heavy (non-hydrogen) atoms. The molecule has 1 aromatic carbocycles. The van der Waals surface area contributed by atoms with Gasteiger partial charge in [0.1, 0.15) is 12.4 Å². The molecule has 0 saturated heterocycles. The molecule has 0 atom stereocenters. The Bertz CT molecular complexity index is 939. The molecule has 0 radical (unpaired) electrons. The molecule has 3 aromatic rings. The lowest BCUT2D eigenvalue weighted by Crippen LogP contribution is -2.37. The van der Waals surface area contributed by atoms with Crippen LogP contribution in [0.2, 0.25) is 0 Å². The van der Waals surface area contributed by atoms with Crippen LogP contribution < -0.4 is 9.67 Å². The van der Waals surface area contributed by atoms with Crippen LogP contribution in [0.4, 0.5) is 13.2 Å². The molecule has 0 fully saturated rings. The summed E-state index contributed by atoms with van der Waals surface area (Å²) < 4.78 is 37.9. The van der Waals surface area contributed by atoms with Crippen LogP contribution in [-0.2, 0) is 16.1 Å². The normalized spacial score (nSPS) is 10.9. The molecule has 0 saturated carbocycles. The lowest BCUT2D eigenvalue weighted by molar-refractivity contribution is -0.695. The molecule has 0 bridgehead atoms. The number of carboxylic acid groups (broad SMARTS) is 2. The number of rotatable bonds is 4. The monoisotopic (exact) mass is 398 g/mol. The summed E-state index contributed by atoms with van der Waals surface area (Å²) in [6, 6.07) is 12.1. The van der Waals surface area contributed by atoms with Gasteiger partial charge >= 0.3 is 12.1 Å². The molecule has 3 rings (SSSR count). The molecule has 6 nitrogen and oxygen atoms in total. The number of halogens is 3. The topological polar surface area (TPSA) is 94.2 Å². The van der Waals surface area contributed by atoms with Gasteiger partial charge in [0.15, 0.2) is 18.9 Å². The molecule has 0 amide bonds.